The van der Waals surface area contributed by atoms with Gasteiger partial charge in [0.05, 0.1) is 0 Å². The highest BCUT2D eigenvalue weighted by Gasteiger charge is 2.43. The summed E-state index contributed by atoms with van der Waals surface area (Å²) in [6, 6.07) is 9.98. The molecule has 1 aromatic rings. The summed E-state index contributed by atoms with van der Waals surface area (Å²) >= 11 is 0. The molecule has 1 aromatic carbocycles. The maximum atomic E-state index is 13.7. The van der Waals surface area contributed by atoms with Gasteiger partial charge in [0.25, 0.3) is 5.91 Å². The highest BCUT2D eigenvalue weighted by molar-refractivity contribution is 5.89. The number of nitrogens with one attached hydrogen (secondary N) is 1. The number of likely N-dealkylation sites (tertiary alicyclic amines) is 1. The molecular weight excluding hydrogens is 350 g/mol. The molecule has 3 saturated heterocycles. The van der Waals surface area contributed by atoms with Crippen LogP contribution in [0.15, 0.2) is 30.3 Å². The van der Waals surface area contributed by atoms with E-state index in [4.69, 9.17) is 0 Å². The summed E-state index contributed by atoms with van der Waals surface area (Å²) < 4.78 is 0. The van der Waals surface area contributed by atoms with E-state index in [1.807, 2.05) is 35.2 Å². The molecule has 2 amide bonds. The van der Waals surface area contributed by atoms with Crippen LogP contribution >= 0.6 is 12.4 Å². The average Bonchev–Trinajstić information content (AvgIpc) is 2.90. The van der Waals surface area contributed by atoms with E-state index < -0.39 is 6.04 Å². The number of amides is 2. The van der Waals surface area contributed by atoms with Crippen LogP contribution < -0.4 is 5.32 Å². The summed E-state index contributed by atoms with van der Waals surface area (Å²) in [5, 5.41) is 3.46. The van der Waals surface area contributed by atoms with Gasteiger partial charge in [-0.25, -0.2) is 0 Å². The van der Waals surface area contributed by atoms with Crippen molar-refractivity contribution in [2.45, 2.75) is 56.7 Å². The van der Waals surface area contributed by atoms with E-state index in [0.717, 1.165) is 50.8 Å². The Hall–Kier alpha value is -1.59. The molecule has 0 spiro atoms. The quantitative estimate of drug-likeness (QED) is 0.880. The van der Waals surface area contributed by atoms with Crippen LogP contribution in [-0.2, 0) is 9.59 Å². The summed E-state index contributed by atoms with van der Waals surface area (Å²) in [5.74, 6) is 0.242. The topological polar surface area (TPSA) is 52.7 Å². The van der Waals surface area contributed by atoms with Gasteiger partial charge in [-0.05, 0) is 44.2 Å². The van der Waals surface area contributed by atoms with E-state index in [1.165, 1.54) is 0 Å². The van der Waals surface area contributed by atoms with Gasteiger partial charge in [-0.1, -0.05) is 30.3 Å². The van der Waals surface area contributed by atoms with Crippen LogP contribution in [0.5, 0.6) is 0 Å². The first-order valence-corrected chi connectivity index (χ1v) is 9.63. The second-order valence-electron chi connectivity index (χ2n) is 7.48. The molecule has 0 aliphatic carbocycles. The standard InChI is InChI=1S/C20H27N3O2.ClH/c24-18-8-4-5-13-22(18)19(15-6-2-1-3-7-15)20(25)23-16-9-10-17(23)14-21-12-11-16;/h1-3,6-7,16-17,19,21H,4-5,8-14H2;1H. The van der Waals surface area contributed by atoms with Crippen molar-refractivity contribution in [2.24, 2.45) is 0 Å². The van der Waals surface area contributed by atoms with Crippen LogP contribution in [0, 0.1) is 0 Å². The number of piperidine rings is 1. The number of nitrogens with zero attached hydrogens (tertiary/aromatic N) is 2. The van der Waals surface area contributed by atoms with Gasteiger partial charge < -0.3 is 15.1 Å². The van der Waals surface area contributed by atoms with Crippen molar-refractivity contribution >= 4 is 24.2 Å². The first-order valence-electron chi connectivity index (χ1n) is 9.63. The number of halogens is 1. The van der Waals surface area contributed by atoms with E-state index in [1.54, 1.807) is 0 Å². The lowest BCUT2D eigenvalue weighted by Gasteiger charge is -2.39. The Bertz CT molecular complexity index is 625. The molecule has 3 fully saturated rings. The highest BCUT2D eigenvalue weighted by Crippen LogP contribution is 2.34. The normalized spacial score (nSPS) is 26.8. The lowest BCUT2D eigenvalue weighted by molar-refractivity contribution is -0.149. The molecule has 3 heterocycles. The molecule has 142 valence electrons. The van der Waals surface area contributed by atoms with Gasteiger partial charge in [0, 0.05) is 31.6 Å². The van der Waals surface area contributed by atoms with Crippen LogP contribution in [-0.4, -0.2) is 53.3 Å². The summed E-state index contributed by atoms with van der Waals surface area (Å²) in [6.07, 6.45) is 5.65. The number of carbonyl (C=O) groups excluding carboxylic acids is 2. The van der Waals surface area contributed by atoms with Crippen molar-refractivity contribution in [1.29, 1.82) is 0 Å². The Morgan fingerprint density at radius 3 is 2.62 bits per heavy atom. The molecule has 0 saturated carbocycles. The summed E-state index contributed by atoms with van der Waals surface area (Å²) in [4.78, 5) is 30.2. The Labute approximate surface area is 161 Å². The molecule has 3 atom stereocenters. The molecule has 2 bridgehead atoms. The maximum absolute atomic E-state index is 13.7. The van der Waals surface area contributed by atoms with Crippen LogP contribution in [0.4, 0.5) is 0 Å². The molecule has 1 N–H and O–H groups in total. The lowest BCUT2D eigenvalue weighted by atomic mass is 9.99. The third kappa shape index (κ3) is 3.60. The molecule has 3 aliphatic heterocycles. The second kappa shape index (κ2) is 8.40. The molecule has 6 heteroatoms. The molecular formula is C20H28ClN3O2. The van der Waals surface area contributed by atoms with E-state index in [0.29, 0.717) is 19.0 Å². The zero-order valence-corrected chi connectivity index (χ0v) is 15.9. The minimum absolute atomic E-state index is 0. The van der Waals surface area contributed by atoms with Gasteiger partial charge in [0.2, 0.25) is 5.91 Å². The first kappa shape index (κ1) is 19.2. The van der Waals surface area contributed by atoms with Crippen molar-refractivity contribution in [3.05, 3.63) is 35.9 Å². The lowest BCUT2D eigenvalue weighted by Crippen LogP contribution is -2.51. The van der Waals surface area contributed by atoms with Crippen LogP contribution in [0.25, 0.3) is 0 Å². The smallest absolute Gasteiger partial charge is 0.250 e. The zero-order valence-electron chi connectivity index (χ0n) is 15.1. The van der Waals surface area contributed by atoms with Crippen molar-refractivity contribution in [3.63, 3.8) is 0 Å². The minimum Gasteiger partial charge on any atom is -0.333 e. The minimum atomic E-state index is -0.463. The zero-order chi connectivity index (χ0) is 17.2. The number of fused-ring (bicyclic) bond motifs is 2. The van der Waals surface area contributed by atoms with Gasteiger partial charge in [0.15, 0.2) is 0 Å². The fourth-order valence-electron chi connectivity index (χ4n) is 4.67. The van der Waals surface area contributed by atoms with E-state index >= 15 is 0 Å². The first-order chi connectivity index (χ1) is 12.3. The van der Waals surface area contributed by atoms with Crippen molar-refractivity contribution in [3.8, 4) is 0 Å². The van der Waals surface area contributed by atoms with Crippen LogP contribution in [0.3, 0.4) is 0 Å². The molecule has 4 rings (SSSR count). The monoisotopic (exact) mass is 377 g/mol. The van der Waals surface area contributed by atoms with Gasteiger partial charge in [-0.15, -0.1) is 12.4 Å². The summed E-state index contributed by atoms with van der Waals surface area (Å²) in [7, 11) is 0. The number of hydrogen-bond acceptors (Lipinski definition) is 3. The fraction of sp³-hybridized carbons (Fsp3) is 0.600. The average molecular weight is 378 g/mol. The molecule has 26 heavy (non-hydrogen) atoms. The maximum Gasteiger partial charge on any atom is 0.250 e. The fourth-order valence-corrected chi connectivity index (χ4v) is 4.67. The van der Waals surface area contributed by atoms with Gasteiger partial charge >= 0.3 is 0 Å². The van der Waals surface area contributed by atoms with E-state index in [-0.39, 0.29) is 30.3 Å². The Balaban J connectivity index is 0.00000196. The van der Waals surface area contributed by atoms with Crippen molar-refractivity contribution < 1.29 is 9.59 Å². The van der Waals surface area contributed by atoms with Crippen LogP contribution in [0.2, 0.25) is 0 Å². The molecule has 0 radical (unpaired) electrons. The molecule has 5 nitrogen and oxygen atoms in total. The van der Waals surface area contributed by atoms with E-state index in [2.05, 4.69) is 10.2 Å². The number of carbonyl (C=O) groups is 2. The van der Waals surface area contributed by atoms with Gasteiger partial charge in [-0.2, -0.15) is 0 Å². The predicted octanol–water partition coefficient (Wildman–Crippen LogP) is 2.51. The third-order valence-corrected chi connectivity index (χ3v) is 5.93. The Morgan fingerprint density at radius 2 is 1.85 bits per heavy atom. The number of benzene rings is 1. The van der Waals surface area contributed by atoms with Gasteiger partial charge in [-0.3, -0.25) is 9.59 Å². The summed E-state index contributed by atoms with van der Waals surface area (Å²) in [6.45, 7) is 2.53. The van der Waals surface area contributed by atoms with Crippen LogP contribution in [0.1, 0.15) is 50.1 Å². The second-order valence-corrected chi connectivity index (χ2v) is 7.48. The van der Waals surface area contributed by atoms with E-state index in [9.17, 15) is 9.59 Å². The SMILES string of the molecule is Cl.O=C1CCCCN1C(C(=O)N1C2CCNCC1CC2)c1ccccc1. The van der Waals surface area contributed by atoms with Crippen molar-refractivity contribution in [1.82, 2.24) is 15.1 Å². The third-order valence-electron chi connectivity index (χ3n) is 5.93. The van der Waals surface area contributed by atoms with Gasteiger partial charge in [0.1, 0.15) is 6.04 Å². The number of rotatable bonds is 3. The predicted molar refractivity (Wildman–Crippen MR) is 103 cm³/mol. The molecule has 3 aliphatic rings. The highest BCUT2D eigenvalue weighted by atomic mass is 35.5. The Kier molecular flexibility index (Phi) is 6.20. The largest absolute Gasteiger partial charge is 0.333 e. The Morgan fingerprint density at radius 1 is 1.08 bits per heavy atom. The summed E-state index contributed by atoms with van der Waals surface area (Å²) in [5.41, 5.74) is 0.944. The molecule has 3 unspecified atom stereocenters. The van der Waals surface area contributed by atoms with Crippen molar-refractivity contribution in [2.75, 3.05) is 19.6 Å². The molecule has 0 aromatic heterocycles. The number of hydrogen-bond donors (Lipinski definition) is 1.